The zero-order chi connectivity index (χ0) is 10.8. The third-order valence-electron chi connectivity index (χ3n) is 2.10. The minimum atomic E-state index is -3.14. The lowest BCUT2D eigenvalue weighted by molar-refractivity contribution is 0.00147. The largest absolute Gasteiger partial charge is 0.388 e. The summed E-state index contributed by atoms with van der Waals surface area (Å²) in [5.41, 5.74) is 0.370. The molecule has 0 fully saturated rings. The number of nitrogens with zero attached hydrogens (tertiary/aromatic N) is 1. The number of sulfonamides is 1. The lowest BCUT2D eigenvalue weighted by Gasteiger charge is -2.21. The van der Waals surface area contributed by atoms with Gasteiger partial charge in [0.1, 0.15) is 0 Å². The van der Waals surface area contributed by atoms with Crippen molar-refractivity contribution in [3.8, 4) is 0 Å². The van der Waals surface area contributed by atoms with Gasteiger partial charge in [0, 0.05) is 6.42 Å². The van der Waals surface area contributed by atoms with E-state index < -0.39 is 15.6 Å². The van der Waals surface area contributed by atoms with Gasteiger partial charge in [0.25, 0.3) is 0 Å². The molecule has 0 bridgehead atoms. The topological polar surface area (TPSA) is 67.8 Å². The van der Waals surface area contributed by atoms with Crippen molar-refractivity contribution >= 4 is 15.7 Å². The second kappa shape index (κ2) is 3.86. The smallest absolute Gasteiger partial charge is 0.211 e. The third-order valence-corrected chi connectivity index (χ3v) is 3.44. The van der Waals surface area contributed by atoms with Crippen LogP contribution in [0.2, 0.25) is 0 Å². The molecular weight excluding hydrogens is 204 g/mol. The van der Waals surface area contributed by atoms with Crippen LogP contribution in [0.1, 0.15) is 27.2 Å². The van der Waals surface area contributed by atoms with E-state index in [1.165, 1.54) is 0 Å². The van der Waals surface area contributed by atoms with Gasteiger partial charge in [0.05, 0.1) is 18.0 Å². The Labute approximate surface area is 84.6 Å². The van der Waals surface area contributed by atoms with Crippen molar-refractivity contribution in [3.05, 3.63) is 0 Å². The molecule has 0 unspecified atom stereocenters. The van der Waals surface area contributed by atoms with Crippen LogP contribution in [0.3, 0.4) is 0 Å². The third kappa shape index (κ3) is 2.95. The van der Waals surface area contributed by atoms with Crippen LogP contribution in [-0.4, -0.2) is 32.0 Å². The molecule has 1 aliphatic rings. The Morgan fingerprint density at radius 3 is 2.71 bits per heavy atom. The monoisotopic (exact) mass is 220 g/mol. The van der Waals surface area contributed by atoms with Crippen molar-refractivity contribution in [2.24, 2.45) is 5.16 Å². The Morgan fingerprint density at radius 2 is 2.29 bits per heavy atom. The molecule has 1 atom stereocenters. The predicted octanol–water partition coefficient (Wildman–Crippen LogP) is 0.481. The fourth-order valence-corrected chi connectivity index (χ4v) is 1.98. The summed E-state index contributed by atoms with van der Waals surface area (Å²) in [5, 5.41) is 3.80. The van der Waals surface area contributed by atoms with Crippen LogP contribution in [0.25, 0.3) is 0 Å². The molecular formula is C8H16N2O3S. The van der Waals surface area contributed by atoms with E-state index in [9.17, 15) is 8.42 Å². The molecule has 0 spiro atoms. The van der Waals surface area contributed by atoms with Crippen molar-refractivity contribution in [1.29, 1.82) is 0 Å². The molecule has 14 heavy (non-hydrogen) atoms. The maximum absolute atomic E-state index is 11.2. The molecule has 1 rings (SSSR count). The van der Waals surface area contributed by atoms with Crippen molar-refractivity contribution < 1.29 is 13.3 Å². The van der Waals surface area contributed by atoms with Gasteiger partial charge >= 0.3 is 0 Å². The molecule has 0 saturated carbocycles. The number of hydrogen-bond acceptors (Lipinski definition) is 4. The number of hydrogen-bond donors (Lipinski definition) is 1. The first-order valence-corrected chi connectivity index (χ1v) is 6.21. The molecule has 1 heterocycles. The van der Waals surface area contributed by atoms with Crippen LogP contribution in [-0.2, 0) is 14.9 Å². The lowest BCUT2D eigenvalue weighted by atomic mass is 10.0. The first-order valence-electron chi connectivity index (χ1n) is 4.56. The summed E-state index contributed by atoms with van der Waals surface area (Å²) < 4.78 is 24.8. The van der Waals surface area contributed by atoms with Crippen LogP contribution in [0.4, 0.5) is 0 Å². The predicted molar refractivity (Wildman–Crippen MR) is 54.7 cm³/mol. The number of rotatable bonds is 4. The van der Waals surface area contributed by atoms with Gasteiger partial charge in [-0.15, -0.1) is 0 Å². The second-order valence-electron chi connectivity index (χ2n) is 3.77. The first-order chi connectivity index (χ1) is 6.37. The fourth-order valence-electron chi connectivity index (χ4n) is 1.25. The SMILES string of the molecule is CCS(=O)(=O)NC[C@@]1(C)CC(C)=NO1. The highest BCUT2D eigenvalue weighted by Crippen LogP contribution is 2.22. The van der Waals surface area contributed by atoms with Crippen LogP contribution < -0.4 is 4.72 Å². The minimum absolute atomic E-state index is 0.0862. The van der Waals surface area contributed by atoms with Crippen molar-refractivity contribution in [2.75, 3.05) is 12.3 Å². The summed E-state index contributed by atoms with van der Waals surface area (Å²) in [6, 6.07) is 0. The van der Waals surface area contributed by atoms with E-state index in [0.29, 0.717) is 6.42 Å². The van der Waals surface area contributed by atoms with E-state index in [0.717, 1.165) is 5.71 Å². The van der Waals surface area contributed by atoms with Gasteiger partial charge in [-0.2, -0.15) is 0 Å². The Hall–Kier alpha value is -0.620. The highest BCUT2D eigenvalue weighted by molar-refractivity contribution is 7.89. The van der Waals surface area contributed by atoms with Crippen LogP contribution in [0.15, 0.2) is 5.16 Å². The molecule has 0 aromatic carbocycles. The van der Waals surface area contributed by atoms with Gasteiger partial charge in [-0.1, -0.05) is 5.16 Å². The summed E-state index contributed by atoms with van der Waals surface area (Å²) in [5.74, 6) is 0.0862. The van der Waals surface area contributed by atoms with Crippen molar-refractivity contribution in [2.45, 2.75) is 32.8 Å². The lowest BCUT2D eigenvalue weighted by Crippen LogP contribution is -2.41. The summed E-state index contributed by atoms with van der Waals surface area (Å²) in [6.45, 7) is 5.57. The average Bonchev–Trinajstić information content (AvgIpc) is 2.45. The number of nitrogens with one attached hydrogen (secondary N) is 1. The van der Waals surface area contributed by atoms with Gasteiger partial charge in [-0.05, 0) is 20.8 Å². The van der Waals surface area contributed by atoms with Crippen LogP contribution in [0.5, 0.6) is 0 Å². The van der Waals surface area contributed by atoms with E-state index >= 15 is 0 Å². The molecule has 0 saturated heterocycles. The summed E-state index contributed by atoms with van der Waals surface area (Å²) in [4.78, 5) is 5.15. The Morgan fingerprint density at radius 1 is 1.64 bits per heavy atom. The van der Waals surface area contributed by atoms with Gasteiger partial charge in [-0.3, -0.25) is 0 Å². The summed E-state index contributed by atoms with van der Waals surface area (Å²) in [6.07, 6.45) is 0.666. The van der Waals surface area contributed by atoms with E-state index in [4.69, 9.17) is 4.84 Å². The summed E-state index contributed by atoms with van der Waals surface area (Å²) in [7, 11) is -3.14. The van der Waals surface area contributed by atoms with Crippen molar-refractivity contribution in [1.82, 2.24) is 4.72 Å². The Balaban J connectivity index is 2.47. The van der Waals surface area contributed by atoms with E-state index in [-0.39, 0.29) is 12.3 Å². The molecule has 0 aromatic heterocycles. The van der Waals surface area contributed by atoms with E-state index in [1.807, 2.05) is 13.8 Å². The maximum atomic E-state index is 11.2. The van der Waals surface area contributed by atoms with Crippen LogP contribution in [0, 0.1) is 0 Å². The molecule has 0 aliphatic carbocycles. The van der Waals surface area contributed by atoms with Crippen molar-refractivity contribution in [3.63, 3.8) is 0 Å². The zero-order valence-electron chi connectivity index (χ0n) is 8.70. The van der Waals surface area contributed by atoms with E-state index in [2.05, 4.69) is 9.88 Å². The fraction of sp³-hybridized carbons (Fsp3) is 0.875. The molecule has 82 valence electrons. The number of oxime groups is 1. The Bertz CT molecular complexity index is 336. The molecule has 5 nitrogen and oxygen atoms in total. The highest BCUT2D eigenvalue weighted by Gasteiger charge is 2.33. The second-order valence-corrected chi connectivity index (χ2v) is 5.86. The maximum Gasteiger partial charge on any atom is 0.211 e. The molecule has 0 radical (unpaired) electrons. The molecule has 1 N–H and O–H groups in total. The zero-order valence-corrected chi connectivity index (χ0v) is 9.52. The van der Waals surface area contributed by atoms with Gasteiger partial charge in [-0.25, -0.2) is 13.1 Å². The molecule has 0 aromatic rings. The quantitative estimate of drug-likeness (QED) is 0.749. The normalized spacial score (nSPS) is 27.2. The van der Waals surface area contributed by atoms with Gasteiger partial charge in [0.2, 0.25) is 10.0 Å². The average molecular weight is 220 g/mol. The molecule has 6 heteroatoms. The summed E-state index contributed by atoms with van der Waals surface area (Å²) >= 11 is 0. The standard InChI is InChI=1S/C8H16N2O3S/c1-4-14(11,12)9-6-8(3)5-7(2)10-13-8/h9H,4-6H2,1-3H3/t8-/m1/s1. The van der Waals surface area contributed by atoms with E-state index in [1.54, 1.807) is 6.92 Å². The van der Waals surface area contributed by atoms with Gasteiger partial charge < -0.3 is 4.84 Å². The highest BCUT2D eigenvalue weighted by atomic mass is 32.2. The minimum Gasteiger partial charge on any atom is -0.388 e. The molecule has 0 amide bonds. The Kier molecular flexibility index (Phi) is 3.16. The molecule has 1 aliphatic heterocycles. The van der Waals surface area contributed by atoms with Gasteiger partial charge in [0.15, 0.2) is 5.60 Å². The van der Waals surface area contributed by atoms with Crippen LogP contribution >= 0.6 is 0 Å². The first kappa shape index (κ1) is 11.5.